The minimum Gasteiger partial charge on any atom is -0.312 e. The smallest absolute Gasteiger partial charge is 0.134 e. The van der Waals surface area contributed by atoms with E-state index in [1.807, 2.05) is 36.3 Å². The molecule has 32 heavy (non-hydrogen) atoms. The lowest BCUT2D eigenvalue weighted by molar-refractivity contribution is 0.642. The van der Waals surface area contributed by atoms with Gasteiger partial charge in [-0.2, -0.15) is 5.10 Å². The highest BCUT2D eigenvalue weighted by Crippen LogP contribution is 2.30. The van der Waals surface area contributed by atoms with Gasteiger partial charge >= 0.3 is 0 Å². The summed E-state index contributed by atoms with van der Waals surface area (Å²) in [6.07, 6.45) is 6.72. The van der Waals surface area contributed by atoms with Crippen LogP contribution in [0.15, 0.2) is 61.1 Å². The van der Waals surface area contributed by atoms with Crippen LogP contribution in [0.5, 0.6) is 0 Å². The molecule has 0 saturated carbocycles. The van der Waals surface area contributed by atoms with Gasteiger partial charge in [0.2, 0.25) is 0 Å². The Hall–Kier alpha value is -3.55. The first-order chi connectivity index (χ1) is 15.2. The molecule has 1 aliphatic heterocycles. The minimum absolute atomic E-state index is 0. The van der Waals surface area contributed by atoms with Gasteiger partial charge in [0.1, 0.15) is 11.4 Å². The van der Waals surface area contributed by atoms with Crippen LogP contribution in [-0.2, 0) is 13.0 Å². The Bertz CT molecular complexity index is 1420. The number of nitrogens with one attached hydrogen (secondary N) is 2. The van der Waals surface area contributed by atoms with E-state index in [2.05, 4.69) is 67.2 Å². The first kappa shape index (κ1) is 20.4. The number of aryl methyl sites for hydroxylation is 1. The molecule has 2 N–H and O–H groups in total. The zero-order valence-electron chi connectivity index (χ0n) is 17.5. The molecule has 5 aromatic rings. The molecule has 0 radical (unpaired) electrons. The zero-order valence-corrected chi connectivity index (χ0v) is 18.4. The minimum atomic E-state index is 0. The summed E-state index contributed by atoms with van der Waals surface area (Å²) >= 11 is 0. The number of H-pyrrole nitrogens is 1. The summed E-state index contributed by atoms with van der Waals surface area (Å²) in [6.45, 7) is 3.99. The van der Waals surface area contributed by atoms with Crippen molar-refractivity contribution in [2.24, 2.45) is 0 Å². The molecule has 1 aliphatic rings. The number of hydrogen-bond donors (Lipinski definition) is 2. The van der Waals surface area contributed by atoms with Gasteiger partial charge in [-0.15, -0.1) is 17.5 Å². The summed E-state index contributed by atoms with van der Waals surface area (Å²) in [7, 11) is 0. The largest absolute Gasteiger partial charge is 0.312 e. The number of benzene rings is 2. The lowest BCUT2D eigenvalue weighted by atomic mass is 10.0. The van der Waals surface area contributed by atoms with Crippen LogP contribution in [0.2, 0.25) is 0 Å². The van der Waals surface area contributed by atoms with Crippen LogP contribution in [0.3, 0.4) is 0 Å². The average molecular weight is 444 g/mol. The number of hydrogen-bond acceptors (Lipinski definition) is 5. The first-order valence-corrected chi connectivity index (χ1v) is 10.4. The van der Waals surface area contributed by atoms with E-state index < -0.39 is 0 Å². The Morgan fingerprint density at radius 1 is 0.969 bits per heavy atom. The van der Waals surface area contributed by atoms with E-state index in [4.69, 9.17) is 0 Å². The fourth-order valence-corrected chi connectivity index (χ4v) is 4.21. The van der Waals surface area contributed by atoms with E-state index in [1.165, 1.54) is 11.1 Å². The fourth-order valence-electron chi connectivity index (χ4n) is 4.21. The number of fused-ring (bicyclic) bond motifs is 2. The second-order valence-electron chi connectivity index (χ2n) is 8.01. The summed E-state index contributed by atoms with van der Waals surface area (Å²) in [6, 6.07) is 14.9. The summed E-state index contributed by atoms with van der Waals surface area (Å²) < 4.78 is 1.83. The van der Waals surface area contributed by atoms with Gasteiger partial charge in [-0.25, -0.2) is 4.68 Å². The lowest BCUT2D eigenvalue weighted by Gasteiger charge is -2.17. The van der Waals surface area contributed by atoms with Crippen molar-refractivity contribution in [1.29, 1.82) is 0 Å². The Morgan fingerprint density at radius 2 is 1.91 bits per heavy atom. The van der Waals surface area contributed by atoms with Crippen LogP contribution < -0.4 is 5.32 Å². The molecule has 3 aromatic heterocycles. The summed E-state index contributed by atoms with van der Waals surface area (Å²) in [5.41, 5.74) is 9.57. The molecule has 160 valence electrons. The quantitative estimate of drug-likeness (QED) is 0.435. The molecule has 0 amide bonds. The van der Waals surface area contributed by atoms with Gasteiger partial charge in [0.05, 0.1) is 17.4 Å². The second-order valence-corrected chi connectivity index (χ2v) is 8.01. The maximum atomic E-state index is 4.53. The molecule has 7 nitrogen and oxygen atoms in total. The predicted molar refractivity (Wildman–Crippen MR) is 127 cm³/mol. The molecule has 0 atom stereocenters. The fraction of sp³-hybridized carbons (Fsp3) is 0.167. The van der Waals surface area contributed by atoms with Gasteiger partial charge in [-0.3, -0.25) is 10.1 Å². The van der Waals surface area contributed by atoms with Gasteiger partial charge in [0, 0.05) is 29.9 Å². The van der Waals surface area contributed by atoms with Crippen LogP contribution >= 0.6 is 12.4 Å². The Morgan fingerprint density at radius 3 is 2.81 bits per heavy atom. The van der Waals surface area contributed by atoms with E-state index in [-0.39, 0.29) is 12.4 Å². The predicted octanol–water partition coefficient (Wildman–Crippen LogP) is 4.25. The van der Waals surface area contributed by atoms with E-state index >= 15 is 0 Å². The number of nitrogens with zero attached hydrogens (tertiary/aromatic N) is 5. The molecule has 0 spiro atoms. The third-order valence-electron chi connectivity index (χ3n) is 5.85. The molecule has 0 saturated heterocycles. The monoisotopic (exact) mass is 443 g/mol. The Balaban J connectivity index is 0.00000216. The van der Waals surface area contributed by atoms with Crippen LogP contribution in [0.1, 0.15) is 16.7 Å². The number of pyridine rings is 1. The molecular weight excluding hydrogens is 422 g/mol. The SMILES string of the molecule is Cc1cncc(-c2ccc3[nH]nc(-c4cn(-c5ccc6c(c5)CCNC6)nn4)c3c2)c1.Cl. The highest BCUT2D eigenvalue weighted by molar-refractivity contribution is 5.94. The zero-order chi connectivity index (χ0) is 20.8. The topological polar surface area (TPSA) is 84.3 Å². The van der Waals surface area contributed by atoms with Crippen molar-refractivity contribution in [1.82, 2.24) is 35.5 Å². The summed E-state index contributed by atoms with van der Waals surface area (Å²) in [5.74, 6) is 0. The highest BCUT2D eigenvalue weighted by atomic mass is 35.5. The van der Waals surface area contributed by atoms with Crippen LogP contribution in [-0.4, -0.2) is 36.7 Å². The van der Waals surface area contributed by atoms with Crippen molar-refractivity contribution in [3.63, 3.8) is 0 Å². The number of aromatic amines is 1. The van der Waals surface area contributed by atoms with E-state index in [1.54, 1.807) is 0 Å². The van der Waals surface area contributed by atoms with E-state index in [0.29, 0.717) is 0 Å². The van der Waals surface area contributed by atoms with Gasteiger partial charge < -0.3 is 5.32 Å². The molecule has 2 aromatic carbocycles. The van der Waals surface area contributed by atoms with Crippen molar-refractivity contribution in [3.05, 3.63) is 77.7 Å². The van der Waals surface area contributed by atoms with Crippen molar-refractivity contribution in [2.45, 2.75) is 19.9 Å². The second kappa shape index (κ2) is 8.18. The standard InChI is InChI=1S/C24H21N7.ClH/c1-15-8-19(13-26-11-15)16-3-5-22-21(10-16)24(29-27-22)23-14-31(30-28-23)20-4-2-18-12-25-7-6-17(18)9-20;/h2-5,8-11,13-14,25H,6-7,12H2,1H3,(H,27,29);1H. The van der Waals surface area contributed by atoms with Crippen LogP contribution in [0, 0.1) is 6.92 Å². The molecule has 8 heteroatoms. The lowest BCUT2D eigenvalue weighted by Crippen LogP contribution is -2.23. The van der Waals surface area contributed by atoms with Gasteiger partial charge in [-0.05, 0) is 72.5 Å². The molecular formula is C24H22ClN7. The third-order valence-corrected chi connectivity index (χ3v) is 5.85. The molecule has 0 aliphatic carbocycles. The first-order valence-electron chi connectivity index (χ1n) is 10.4. The molecule has 0 unspecified atom stereocenters. The third kappa shape index (κ3) is 3.55. The Kier molecular flexibility index (Phi) is 5.20. The van der Waals surface area contributed by atoms with Gasteiger partial charge in [-0.1, -0.05) is 17.3 Å². The Labute approximate surface area is 191 Å². The number of halogens is 1. The average Bonchev–Trinajstić information content (AvgIpc) is 3.45. The summed E-state index contributed by atoms with van der Waals surface area (Å²) in [4.78, 5) is 4.32. The molecule has 0 bridgehead atoms. The van der Waals surface area contributed by atoms with Crippen molar-refractivity contribution >= 4 is 23.3 Å². The molecule has 0 fully saturated rings. The molecule has 6 rings (SSSR count). The van der Waals surface area contributed by atoms with Crippen molar-refractivity contribution < 1.29 is 0 Å². The maximum absolute atomic E-state index is 4.53. The van der Waals surface area contributed by atoms with Crippen molar-refractivity contribution in [2.75, 3.05) is 6.54 Å². The normalized spacial score (nSPS) is 13.0. The van der Waals surface area contributed by atoms with Crippen molar-refractivity contribution in [3.8, 4) is 28.2 Å². The number of rotatable bonds is 3. The molecule has 4 heterocycles. The number of aromatic nitrogens is 6. The summed E-state index contributed by atoms with van der Waals surface area (Å²) in [5, 5.41) is 20.9. The van der Waals surface area contributed by atoms with Gasteiger partial charge in [0.15, 0.2) is 0 Å². The van der Waals surface area contributed by atoms with Crippen LogP contribution in [0.4, 0.5) is 0 Å². The van der Waals surface area contributed by atoms with Gasteiger partial charge in [0.25, 0.3) is 0 Å². The van der Waals surface area contributed by atoms with Crippen LogP contribution in [0.25, 0.3) is 39.1 Å². The van der Waals surface area contributed by atoms with E-state index in [0.717, 1.165) is 64.2 Å². The highest BCUT2D eigenvalue weighted by Gasteiger charge is 2.15. The maximum Gasteiger partial charge on any atom is 0.134 e. The van der Waals surface area contributed by atoms with E-state index in [9.17, 15) is 0 Å².